The molecule has 1 aliphatic rings. The molecule has 0 N–H and O–H groups in total. The topological polar surface area (TPSA) is 38.9 Å². The summed E-state index contributed by atoms with van der Waals surface area (Å²) in [5, 5.41) is 7.70. The minimum Gasteiger partial charge on any atom is -0.358 e. The molecule has 0 aliphatic carbocycles. The van der Waals surface area contributed by atoms with Gasteiger partial charge in [0.1, 0.15) is 11.5 Å². The summed E-state index contributed by atoms with van der Waals surface area (Å²) in [4.78, 5) is 7.30. The Morgan fingerprint density at radius 3 is 2.13 bits per heavy atom. The number of aryl methyl sites for hydroxylation is 3. The monoisotopic (exact) mass is 960 g/mol. The fourth-order valence-corrected chi connectivity index (χ4v) is 9.32. The van der Waals surface area contributed by atoms with Crippen LogP contribution >= 0.6 is 0 Å². The van der Waals surface area contributed by atoms with Gasteiger partial charge in [-0.3, -0.25) is 4.68 Å². The van der Waals surface area contributed by atoms with Crippen LogP contribution in [0.4, 0.5) is 17.1 Å². The minimum absolute atomic E-state index is 0. The van der Waals surface area contributed by atoms with E-state index in [2.05, 4.69) is 211 Å². The Labute approximate surface area is 367 Å². The molecule has 9 aromatic rings. The smallest absolute Gasteiger partial charge is 0.358 e. The number of aromatic nitrogens is 4. The van der Waals surface area contributed by atoms with Crippen LogP contribution in [0.2, 0.25) is 0 Å². The molecule has 1 aliphatic heterocycles. The van der Waals surface area contributed by atoms with Gasteiger partial charge in [0.2, 0.25) is 0 Å². The van der Waals surface area contributed by atoms with E-state index in [9.17, 15) is 0 Å². The van der Waals surface area contributed by atoms with Crippen LogP contribution in [0.15, 0.2) is 140 Å². The second kappa shape index (κ2) is 14.6. The summed E-state index contributed by atoms with van der Waals surface area (Å²) in [5.74, 6) is 0.884. The van der Waals surface area contributed by atoms with Gasteiger partial charge in [-0.2, -0.15) is 17.2 Å². The Kier molecular flexibility index (Phi) is 9.60. The molecule has 0 saturated carbocycles. The molecule has 0 saturated heterocycles. The van der Waals surface area contributed by atoms with Crippen LogP contribution in [0.3, 0.4) is 0 Å². The Morgan fingerprint density at radius 2 is 1.37 bits per heavy atom. The number of hydrogen-bond donors (Lipinski definition) is 0. The predicted molar refractivity (Wildman–Crippen MR) is 244 cm³/mol. The third-order valence-electron chi connectivity index (χ3n) is 12.2. The molecule has 0 amide bonds. The van der Waals surface area contributed by atoms with Crippen molar-refractivity contribution in [3.05, 3.63) is 185 Å². The summed E-state index contributed by atoms with van der Waals surface area (Å²) < 4.78 is 4.29. The van der Waals surface area contributed by atoms with E-state index in [0.717, 1.165) is 61.8 Å². The first-order valence-corrected chi connectivity index (χ1v) is 20.5. The number of nitrogens with zero attached hydrogens (tertiary/aromatic N) is 5. The molecule has 0 atom stereocenters. The summed E-state index contributed by atoms with van der Waals surface area (Å²) in [6, 6.07) is 53.6. The molecule has 6 aromatic carbocycles. The third kappa shape index (κ3) is 6.34. The van der Waals surface area contributed by atoms with Gasteiger partial charge in [-0.05, 0) is 94.8 Å². The Hall–Kier alpha value is -6.03. The summed E-state index contributed by atoms with van der Waals surface area (Å²) >= 11 is 0. The van der Waals surface area contributed by atoms with Crippen molar-refractivity contribution in [2.75, 3.05) is 4.90 Å². The quantitative estimate of drug-likeness (QED) is 0.161. The van der Waals surface area contributed by atoms with E-state index in [1.807, 2.05) is 10.9 Å². The first kappa shape index (κ1) is 39.4. The fourth-order valence-electron chi connectivity index (χ4n) is 9.32. The maximum atomic E-state index is 5.39. The van der Waals surface area contributed by atoms with Gasteiger partial charge in [0.25, 0.3) is 0 Å². The van der Waals surface area contributed by atoms with Crippen molar-refractivity contribution < 1.29 is 21.1 Å². The van der Waals surface area contributed by atoms with E-state index in [1.165, 1.54) is 44.3 Å². The van der Waals surface area contributed by atoms with Crippen molar-refractivity contribution in [2.24, 2.45) is 0 Å². The van der Waals surface area contributed by atoms with Gasteiger partial charge >= 0.3 is 21.1 Å². The number of anilines is 3. The summed E-state index contributed by atoms with van der Waals surface area (Å²) in [7, 11) is 0. The van der Waals surface area contributed by atoms with Crippen LogP contribution in [0.25, 0.3) is 55.7 Å². The van der Waals surface area contributed by atoms with E-state index in [4.69, 9.17) is 10.1 Å². The zero-order valence-corrected chi connectivity index (χ0v) is 37.6. The Morgan fingerprint density at radius 1 is 0.667 bits per heavy atom. The van der Waals surface area contributed by atoms with Crippen LogP contribution in [0.1, 0.15) is 68.0 Å². The molecule has 5 nitrogen and oxygen atoms in total. The van der Waals surface area contributed by atoms with E-state index in [-0.39, 0.29) is 31.9 Å². The number of fused-ring (bicyclic) bond motifs is 5. The van der Waals surface area contributed by atoms with Crippen LogP contribution in [-0.4, -0.2) is 19.3 Å². The summed E-state index contributed by atoms with van der Waals surface area (Å²) in [5.41, 5.74) is 17.4. The fraction of sp³-hybridized carbons (Fsp3) is 0.185. The Balaban J connectivity index is 0.00000462. The molecule has 0 radical (unpaired) electrons. The molecular weight excluding hydrogens is 914 g/mol. The second-order valence-corrected chi connectivity index (χ2v) is 17.7. The van der Waals surface area contributed by atoms with Gasteiger partial charge in [-0.15, -0.1) is 35.2 Å². The van der Waals surface area contributed by atoms with E-state index in [0.29, 0.717) is 0 Å². The average Bonchev–Trinajstić information content (AvgIpc) is 3.80. The van der Waals surface area contributed by atoms with Gasteiger partial charge in [0.15, 0.2) is 0 Å². The molecule has 10 rings (SSSR count). The number of hydrogen-bond acceptors (Lipinski definition) is 3. The number of pyridine rings is 1. The van der Waals surface area contributed by atoms with Crippen molar-refractivity contribution in [1.82, 2.24) is 19.3 Å². The molecule has 3 aromatic heterocycles. The van der Waals surface area contributed by atoms with Gasteiger partial charge in [0.05, 0.1) is 0 Å². The van der Waals surface area contributed by atoms with Crippen molar-refractivity contribution in [2.45, 2.75) is 66.2 Å². The zero-order valence-electron chi connectivity index (χ0n) is 35.3. The van der Waals surface area contributed by atoms with Gasteiger partial charge in [-0.25, -0.2) is 4.98 Å². The Bertz CT molecular complexity index is 3080. The van der Waals surface area contributed by atoms with Crippen LogP contribution in [0, 0.1) is 32.9 Å². The molecule has 298 valence electrons. The predicted octanol–water partition coefficient (Wildman–Crippen LogP) is 13.6. The first-order chi connectivity index (χ1) is 28.4. The zero-order chi connectivity index (χ0) is 40.8. The second-order valence-electron chi connectivity index (χ2n) is 17.7. The van der Waals surface area contributed by atoms with Gasteiger partial charge in [-0.1, -0.05) is 136 Å². The summed E-state index contributed by atoms with van der Waals surface area (Å²) in [6.45, 7) is 17.9. The van der Waals surface area contributed by atoms with Crippen molar-refractivity contribution in [3.8, 4) is 33.9 Å². The van der Waals surface area contributed by atoms with E-state index < -0.39 is 0 Å². The molecule has 4 heterocycles. The maximum absolute atomic E-state index is 5.39. The average molecular weight is 961 g/mol. The normalized spacial score (nSPS) is 13.3. The largest absolute Gasteiger partial charge is 2.00 e. The van der Waals surface area contributed by atoms with Gasteiger partial charge < -0.3 is 9.47 Å². The van der Waals surface area contributed by atoms with E-state index >= 15 is 0 Å². The van der Waals surface area contributed by atoms with Crippen molar-refractivity contribution in [1.29, 1.82) is 0 Å². The van der Waals surface area contributed by atoms with Crippen molar-refractivity contribution >= 4 is 38.9 Å². The molecule has 60 heavy (non-hydrogen) atoms. The molecule has 6 heteroatoms. The molecule has 0 bridgehead atoms. The summed E-state index contributed by atoms with van der Waals surface area (Å²) in [6.07, 6.45) is 4.10. The van der Waals surface area contributed by atoms with E-state index in [1.54, 1.807) is 0 Å². The number of benzene rings is 6. The third-order valence-corrected chi connectivity index (χ3v) is 12.2. The standard InChI is InChI=1S/C54H47N5.Pt/c1-34-28-35(2)51(36(3)29-34)52-43(37-16-10-9-11-17-37)33-57(56-52)39-23-25-45-49(31-39)58(47-21-15-13-19-44(47)54(45,7)8)40-22-24-42-41-18-12-14-20-46(41)59(48(42)32-40)50-30-38(26-27-55-50)53(4,5)6;/h9-30,33H,1-8H3;/q-2;+2. The first-order valence-electron chi connectivity index (χ1n) is 20.5. The SMILES string of the molecule is Cc1cc(C)c(-c2nn(-c3[c-]c4c(cc3)C(C)(C)c3ccccc3N4c3[c-]c4c(cc3)c3ccccc3n4-c3cc(C(C)(C)C)ccn3)cc2-c2ccccc2)c(C)c1.[Pt+2]. The number of para-hydroxylation sites is 2. The molecule has 0 fully saturated rings. The molecule has 0 spiro atoms. The molecular formula is C54H47N5Pt. The van der Waals surface area contributed by atoms with Crippen LogP contribution < -0.4 is 4.90 Å². The molecule has 0 unspecified atom stereocenters. The minimum atomic E-state index is -0.283. The van der Waals surface area contributed by atoms with Crippen molar-refractivity contribution in [3.63, 3.8) is 0 Å². The number of rotatable bonds is 5. The van der Waals surface area contributed by atoms with Crippen LogP contribution in [-0.2, 0) is 31.9 Å². The van der Waals surface area contributed by atoms with Gasteiger partial charge in [0, 0.05) is 34.7 Å². The maximum Gasteiger partial charge on any atom is 2.00 e. The van der Waals surface area contributed by atoms with Crippen LogP contribution in [0.5, 0.6) is 0 Å².